The molecule has 0 amide bonds. The van der Waals surface area contributed by atoms with Gasteiger partial charge in [-0.15, -0.1) is 0 Å². The predicted molar refractivity (Wildman–Crippen MR) is 111 cm³/mol. The van der Waals surface area contributed by atoms with Gasteiger partial charge in [-0.3, -0.25) is 4.57 Å². The fraction of sp³-hybridized carbons (Fsp3) is 0.455. The van der Waals surface area contributed by atoms with Crippen molar-refractivity contribution in [3.63, 3.8) is 0 Å². The summed E-state index contributed by atoms with van der Waals surface area (Å²) in [6.45, 7) is 3.89. The molecule has 3 aliphatic rings. The summed E-state index contributed by atoms with van der Waals surface area (Å²) in [5.74, 6) is -2.00. The maximum absolute atomic E-state index is 13.8. The van der Waals surface area contributed by atoms with E-state index in [1.807, 2.05) is 30.3 Å². The Bertz CT molecular complexity index is 1000. The van der Waals surface area contributed by atoms with Crippen LogP contribution in [0.5, 0.6) is 0 Å². The largest absolute Gasteiger partial charge is 0.466 e. The quantitative estimate of drug-likeness (QED) is 0.441. The molecule has 0 saturated carbocycles. The van der Waals surface area contributed by atoms with E-state index in [-0.39, 0.29) is 30.3 Å². The standard InChI is InChI=1S/C22H25O8P/c1-5-28-31(25,29-6-2)20-13(12-10-8-7-9-11-12)14-15(20)19-17(22(24)27-4)16(18(14)30-19)21(23)26-3/h7-11,14-15,18-19H,5-6H2,1-4H3. The van der Waals surface area contributed by atoms with Crippen molar-refractivity contribution in [2.24, 2.45) is 11.8 Å². The van der Waals surface area contributed by atoms with Crippen LogP contribution in [0, 0.1) is 11.8 Å². The first kappa shape index (κ1) is 22.0. The van der Waals surface area contributed by atoms with Gasteiger partial charge in [-0.1, -0.05) is 30.3 Å². The van der Waals surface area contributed by atoms with Gasteiger partial charge in [0.05, 0.1) is 56.1 Å². The van der Waals surface area contributed by atoms with Gasteiger partial charge in [0.25, 0.3) is 0 Å². The van der Waals surface area contributed by atoms with Crippen LogP contribution in [0.4, 0.5) is 0 Å². The van der Waals surface area contributed by atoms with Crippen molar-refractivity contribution in [2.45, 2.75) is 26.1 Å². The highest BCUT2D eigenvalue weighted by molar-refractivity contribution is 7.59. The van der Waals surface area contributed by atoms with Crippen LogP contribution in [0.2, 0.25) is 0 Å². The van der Waals surface area contributed by atoms with E-state index in [2.05, 4.69) is 0 Å². The predicted octanol–water partition coefficient (Wildman–Crippen LogP) is 3.33. The Kier molecular flexibility index (Phi) is 5.92. The Labute approximate surface area is 180 Å². The van der Waals surface area contributed by atoms with Crippen molar-refractivity contribution in [1.82, 2.24) is 0 Å². The minimum Gasteiger partial charge on any atom is -0.466 e. The SMILES string of the molecule is CCOP(=O)(OCC)C1=C(c2ccccc2)C2C3OC(C(C(=O)OC)=C3C(=O)OC)C12. The van der Waals surface area contributed by atoms with Crippen LogP contribution in [0.1, 0.15) is 19.4 Å². The molecule has 0 N–H and O–H groups in total. The highest BCUT2D eigenvalue weighted by Gasteiger charge is 2.68. The number of hydrogen-bond acceptors (Lipinski definition) is 8. The Hall–Kier alpha value is -2.25. The molecule has 2 heterocycles. The van der Waals surface area contributed by atoms with E-state index in [1.54, 1.807) is 13.8 Å². The van der Waals surface area contributed by atoms with Crippen molar-refractivity contribution in [3.05, 3.63) is 52.4 Å². The van der Waals surface area contributed by atoms with Gasteiger partial charge in [0.1, 0.15) is 0 Å². The highest BCUT2D eigenvalue weighted by atomic mass is 31.2. The van der Waals surface area contributed by atoms with Crippen LogP contribution in [0.15, 0.2) is 46.8 Å². The molecular formula is C22H25O8P. The van der Waals surface area contributed by atoms with E-state index in [4.69, 9.17) is 23.3 Å². The maximum atomic E-state index is 13.8. The van der Waals surface area contributed by atoms with Crippen LogP contribution in [0.3, 0.4) is 0 Å². The van der Waals surface area contributed by atoms with E-state index >= 15 is 0 Å². The van der Waals surface area contributed by atoms with E-state index in [0.29, 0.717) is 5.31 Å². The smallest absolute Gasteiger partial charge is 0.358 e. The van der Waals surface area contributed by atoms with Crippen LogP contribution in [0.25, 0.3) is 5.57 Å². The van der Waals surface area contributed by atoms with E-state index < -0.39 is 37.7 Å². The molecule has 31 heavy (non-hydrogen) atoms. The first-order valence-corrected chi connectivity index (χ1v) is 11.7. The molecule has 0 aromatic heterocycles. The van der Waals surface area contributed by atoms with Crippen molar-refractivity contribution < 1.29 is 37.4 Å². The Balaban J connectivity index is 1.89. The molecule has 0 spiro atoms. The van der Waals surface area contributed by atoms with Crippen LogP contribution < -0.4 is 0 Å². The zero-order valence-electron chi connectivity index (χ0n) is 17.8. The highest BCUT2D eigenvalue weighted by Crippen LogP contribution is 2.74. The first-order chi connectivity index (χ1) is 14.9. The van der Waals surface area contributed by atoms with Gasteiger partial charge in [-0.25, -0.2) is 9.59 Å². The van der Waals surface area contributed by atoms with Crippen molar-refractivity contribution in [3.8, 4) is 0 Å². The van der Waals surface area contributed by atoms with Crippen LogP contribution >= 0.6 is 7.60 Å². The lowest BCUT2D eigenvalue weighted by Crippen LogP contribution is -2.43. The second-order valence-corrected chi connectivity index (χ2v) is 9.33. The first-order valence-electron chi connectivity index (χ1n) is 10.2. The summed E-state index contributed by atoms with van der Waals surface area (Å²) in [6.07, 6.45) is -1.49. The monoisotopic (exact) mass is 448 g/mol. The van der Waals surface area contributed by atoms with Crippen molar-refractivity contribution in [2.75, 3.05) is 27.4 Å². The number of fused-ring (bicyclic) bond motifs is 5. The van der Waals surface area contributed by atoms with E-state index in [1.165, 1.54) is 14.2 Å². The number of benzene rings is 1. The zero-order valence-corrected chi connectivity index (χ0v) is 18.7. The van der Waals surface area contributed by atoms with Gasteiger partial charge in [-0.05, 0) is 25.0 Å². The molecule has 4 unspecified atom stereocenters. The maximum Gasteiger partial charge on any atom is 0.358 e. The second kappa shape index (κ2) is 8.36. The molecule has 2 bridgehead atoms. The molecule has 1 fully saturated rings. The molecule has 8 nitrogen and oxygen atoms in total. The lowest BCUT2D eigenvalue weighted by atomic mass is 9.63. The molecule has 166 valence electrons. The lowest BCUT2D eigenvalue weighted by molar-refractivity contribution is -0.139. The number of hydrogen-bond donors (Lipinski definition) is 0. The van der Waals surface area contributed by atoms with Gasteiger partial charge >= 0.3 is 19.5 Å². The van der Waals surface area contributed by atoms with Gasteiger partial charge in [0.2, 0.25) is 0 Å². The van der Waals surface area contributed by atoms with Crippen molar-refractivity contribution in [1.29, 1.82) is 0 Å². The molecule has 4 atom stereocenters. The average molecular weight is 448 g/mol. The average Bonchev–Trinajstić information content (AvgIpc) is 3.25. The summed E-state index contributed by atoms with van der Waals surface area (Å²) < 4.78 is 41.1. The molecule has 1 aromatic carbocycles. The van der Waals surface area contributed by atoms with E-state index in [9.17, 15) is 14.2 Å². The number of carbonyl (C=O) groups is 2. The van der Waals surface area contributed by atoms with Crippen molar-refractivity contribution >= 4 is 25.1 Å². The summed E-state index contributed by atoms with van der Waals surface area (Å²) in [5, 5.41) is 0.505. The zero-order chi connectivity index (χ0) is 22.3. The molecule has 0 radical (unpaired) electrons. The molecule has 2 aliphatic heterocycles. The molecule has 1 aliphatic carbocycles. The Morgan fingerprint density at radius 3 is 1.90 bits per heavy atom. The minimum absolute atomic E-state index is 0.116. The summed E-state index contributed by atoms with van der Waals surface area (Å²) in [7, 11) is -1.15. The third-order valence-electron chi connectivity index (χ3n) is 5.91. The third-order valence-corrected chi connectivity index (χ3v) is 8.23. The summed E-state index contributed by atoms with van der Waals surface area (Å²) in [6, 6.07) is 9.46. The topological polar surface area (TPSA) is 97.4 Å². The Morgan fingerprint density at radius 1 is 0.903 bits per heavy atom. The van der Waals surface area contributed by atoms with Gasteiger partial charge in [0.15, 0.2) is 0 Å². The molecule has 9 heteroatoms. The van der Waals surface area contributed by atoms with Crippen LogP contribution in [-0.2, 0) is 37.4 Å². The number of methoxy groups -OCH3 is 2. The fourth-order valence-electron chi connectivity index (χ4n) is 4.88. The fourth-order valence-corrected chi connectivity index (χ4v) is 7.15. The number of rotatable bonds is 8. The number of carbonyl (C=O) groups excluding carboxylic acids is 2. The van der Waals surface area contributed by atoms with Gasteiger partial charge in [0, 0.05) is 11.8 Å². The number of esters is 2. The molecule has 4 rings (SSSR count). The lowest BCUT2D eigenvalue weighted by Gasteiger charge is -2.44. The number of ether oxygens (including phenoxy) is 3. The summed E-state index contributed by atoms with van der Waals surface area (Å²) >= 11 is 0. The second-order valence-electron chi connectivity index (χ2n) is 7.34. The molecular weight excluding hydrogens is 423 g/mol. The van der Waals surface area contributed by atoms with E-state index in [0.717, 1.165) is 11.1 Å². The third kappa shape index (κ3) is 3.21. The summed E-state index contributed by atoms with van der Waals surface area (Å²) in [5.41, 5.74) is 1.90. The summed E-state index contributed by atoms with van der Waals surface area (Å²) in [4.78, 5) is 25.1. The minimum atomic E-state index is -3.65. The molecule has 1 saturated heterocycles. The van der Waals surface area contributed by atoms with Gasteiger partial charge < -0.3 is 23.3 Å². The van der Waals surface area contributed by atoms with Crippen LogP contribution in [-0.4, -0.2) is 51.6 Å². The van der Waals surface area contributed by atoms with Gasteiger partial charge in [-0.2, -0.15) is 0 Å². The molecule has 1 aromatic rings. The normalized spacial score (nSPS) is 26.6. The Morgan fingerprint density at radius 2 is 1.42 bits per heavy atom.